The van der Waals surface area contributed by atoms with E-state index in [1.807, 2.05) is 47.3 Å². The Morgan fingerprint density at radius 3 is 2.86 bits per heavy atom. The number of nitrogens with zero attached hydrogens (tertiary/aromatic N) is 4. The van der Waals surface area contributed by atoms with Crippen molar-refractivity contribution in [2.75, 3.05) is 11.5 Å². The Kier molecular flexibility index (Phi) is 5.70. The second-order valence-electron chi connectivity index (χ2n) is 6.62. The van der Waals surface area contributed by atoms with Gasteiger partial charge in [0, 0.05) is 24.1 Å². The number of thiazole rings is 1. The Labute approximate surface area is 172 Å². The summed E-state index contributed by atoms with van der Waals surface area (Å²) in [6, 6.07) is 9.68. The van der Waals surface area contributed by atoms with Gasteiger partial charge >= 0.3 is 0 Å². The highest BCUT2D eigenvalue weighted by atomic mass is 32.2. The Hall–Kier alpha value is -1.91. The summed E-state index contributed by atoms with van der Waals surface area (Å²) in [6.45, 7) is 0.448. The van der Waals surface area contributed by atoms with Gasteiger partial charge in [0.2, 0.25) is 0 Å². The molecule has 10 heteroatoms. The topological polar surface area (TPSA) is 87.0 Å². The molecule has 0 radical (unpaired) electrons. The van der Waals surface area contributed by atoms with Gasteiger partial charge in [-0.15, -0.1) is 21.5 Å². The zero-order valence-corrected chi connectivity index (χ0v) is 17.8. The minimum Gasteiger partial charge on any atom is -0.486 e. The van der Waals surface area contributed by atoms with E-state index in [1.54, 1.807) is 23.1 Å². The summed E-state index contributed by atoms with van der Waals surface area (Å²) in [6.07, 6.45) is 0.621. The molecule has 0 amide bonds. The van der Waals surface area contributed by atoms with Crippen LogP contribution in [0.25, 0.3) is 0 Å². The van der Waals surface area contributed by atoms with Gasteiger partial charge in [-0.05, 0) is 18.6 Å². The fraction of sp³-hybridized carbons (Fsp3) is 0.389. The van der Waals surface area contributed by atoms with Crippen molar-refractivity contribution in [3.8, 4) is 5.75 Å². The van der Waals surface area contributed by atoms with E-state index in [0.717, 1.165) is 27.4 Å². The smallest absolute Gasteiger partial charge is 0.191 e. The summed E-state index contributed by atoms with van der Waals surface area (Å²) in [7, 11) is -1.05. The molecule has 7 nitrogen and oxygen atoms in total. The molecule has 2 aromatic heterocycles. The van der Waals surface area contributed by atoms with Crippen LogP contribution in [0.5, 0.6) is 5.75 Å². The summed E-state index contributed by atoms with van der Waals surface area (Å²) in [5.41, 5.74) is 0.967. The van der Waals surface area contributed by atoms with Crippen molar-refractivity contribution in [1.29, 1.82) is 0 Å². The molecule has 0 saturated carbocycles. The lowest BCUT2D eigenvalue weighted by Crippen LogP contribution is -2.09. The molecule has 1 aliphatic heterocycles. The number of rotatable bonds is 7. The molecule has 0 spiro atoms. The average Bonchev–Trinajstić information content (AvgIpc) is 3.38. The van der Waals surface area contributed by atoms with Crippen LogP contribution in [0.15, 0.2) is 40.9 Å². The third-order valence-corrected chi connectivity index (χ3v) is 8.21. The van der Waals surface area contributed by atoms with Gasteiger partial charge in [-0.25, -0.2) is 13.4 Å². The molecule has 0 aliphatic carbocycles. The van der Waals surface area contributed by atoms with Crippen LogP contribution in [0.2, 0.25) is 0 Å². The molecule has 0 N–H and O–H groups in total. The van der Waals surface area contributed by atoms with E-state index in [1.165, 1.54) is 0 Å². The summed E-state index contributed by atoms with van der Waals surface area (Å²) < 4.78 is 31.1. The monoisotopic (exact) mass is 436 g/mol. The zero-order chi connectivity index (χ0) is 19.6. The van der Waals surface area contributed by atoms with Crippen LogP contribution in [0.3, 0.4) is 0 Å². The lowest BCUT2D eigenvalue weighted by molar-refractivity contribution is 0.305. The molecule has 148 valence electrons. The second-order valence-corrected chi connectivity index (χ2v) is 10.7. The standard InChI is InChI=1S/C18H20N4O3S3/c1-22-17(13-7-8-28(23,24)12-13)20-21-18(22)27-11-14-10-26-16(19-14)9-25-15-5-3-2-4-6-15/h2-6,10,13H,7-9,11-12H2,1H3. The fourth-order valence-electron chi connectivity index (χ4n) is 3.09. The van der Waals surface area contributed by atoms with Crippen molar-refractivity contribution in [2.45, 2.75) is 29.9 Å². The number of ether oxygens (including phenoxy) is 1. The third-order valence-electron chi connectivity index (χ3n) is 4.52. The molecule has 0 bridgehead atoms. The third kappa shape index (κ3) is 4.56. The first kappa shape index (κ1) is 19.4. The number of hydrogen-bond donors (Lipinski definition) is 0. The van der Waals surface area contributed by atoms with Crippen molar-refractivity contribution in [3.05, 3.63) is 52.2 Å². The minimum absolute atomic E-state index is 0.0575. The van der Waals surface area contributed by atoms with Crippen molar-refractivity contribution in [1.82, 2.24) is 19.7 Å². The lowest BCUT2D eigenvalue weighted by Gasteiger charge is -2.07. The molecule has 1 unspecified atom stereocenters. The van der Waals surface area contributed by atoms with E-state index in [-0.39, 0.29) is 17.4 Å². The molecule has 1 atom stereocenters. The normalized spacial score (nSPS) is 18.4. The second kappa shape index (κ2) is 8.22. The summed E-state index contributed by atoms with van der Waals surface area (Å²) in [5, 5.41) is 12.2. The molecular formula is C18H20N4O3S3. The van der Waals surface area contributed by atoms with Gasteiger partial charge in [0.1, 0.15) is 23.2 Å². The SMILES string of the molecule is Cn1c(SCc2csc(COc3ccccc3)n2)nnc1C1CCS(=O)(=O)C1. The molecule has 4 rings (SSSR count). The molecule has 28 heavy (non-hydrogen) atoms. The molecule has 3 aromatic rings. The van der Waals surface area contributed by atoms with E-state index in [0.29, 0.717) is 18.8 Å². The first-order valence-electron chi connectivity index (χ1n) is 8.84. The first-order chi connectivity index (χ1) is 13.5. The van der Waals surface area contributed by atoms with E-state index < -0.39 is 9.84 Å². The van der Waals surface area contributed by atoms with Crippen molar-refractivity contribution >= 4 is 32.9 Å². The Morgan fingerprint density at radius 2 is 2.11 bits per heavy atom. The summed E-state index contributed by atoms with van der Waals surface area (Å²) in [5.74, 6) is 2.60. The zero-order valence-electron chi connectivity index (χ0n) is 15.3. The highest BCUT2D eigenvalue weighted by molar-refractivity contribution is 7.98. The molecule has 1 fully saturated rings. The van der Waals surface area contributed by atoms with Crippen LogP contribution in [0.4, 0.5) is 0 Å². The molecule has 3 heterocycles. The Morgan fingerprint density at radius 1 is 1.29 bits per heavy atom. The van der Waals surface area contributed by atoms with E-state index in [9.17, 15) is 8.42 Å². The highest BCUT2D eigenvalue weighted by Crippen LogP contribution is 2.30. The van der Waals surface area contributed by atoms with Crippen LogP contribution < -0.4 is 4.74 Å². The largest absolute Gasteiger partial charge is 0.486 e. The minimum atomic E-state index is -2.94. The number of benzene rings is 1. The van der Waals surface area contributed by atoms with Crippen molar-refractivity contribution in [2.24, 2.45) is 7.05 Å². The van der Waals surface area contributed by atoms with Crippen LogP contribution >= 0.6 is 23.1 Å². The van der Waals surface area contributed by atoms with Gasteiger partial charge in [0.05, 0.1) is 17.2 Å². The first-order valence-corrected chi connectivity index (χ1v) is 12.5. The van der Waals surface area contributed by atoms with Gasteiger partial charge in [0.25, 0.3) is 0 Å². The number of aromatic nitrogens is 4. The fourth-order valence-corrected chi connectivity index (χ4v) is 6.45. The van der Waals surface area contributed by atoms with Gasteiger partial charge in [0.15, 0.2) is 15.0 Å². The van der Waals surface area contributed by atoms with Crippen molar-refractivity contribution < 1.29 is 13.2 Å². The van der Waals surface area contributed by atoms with Crippen molar-refractivity contribution in [3.63, 3.8) is 0 Å². The molecule has 1 aliphatic rings. The molecule has 1 saturated heterocycles. The molecular weight excluding hydrogens is 416 g/mol. The van der Waals surface area contributed by atoms with E-state index in [4.69, 9.17) is 4.74 Å². The Bertz CT molecular complexity index is 1050. The average molecular weight is 437 g/mol. The van der Waals surface area contributed by atoms with Gasteiger partial charge in [-0.3, -0.25) is 0 Å². The maximum Gasteiger partial charge on any atom is 0.191 e. The van der Waals surface area contributed by atoms with Crippen LogP contribution in [-0.2, 0) is 29.2 Å². The van der Waals surface area contributed by atoms with E-state index in [2.05, 4.69) is 15.2 Å². The van der Waals surface area contributed by atoms with Gasteiger partial charge in [-0.1, -0.05) is 30.0 Å². The van der Waals surface area contributed by atoms with Gasteiger partial charge < -0.3 is 9.30 Å². The van der Waals surface area contributed by atoms with Crippen LogP contribution in [0, 0.1) is 0 Å². The predicted molar refractivity (Wildman–Crippen MR) is 109 cm³/mol. The number of para-hydroxylation sites is 1. The number of hydrogen-bond acceptors (Lipinski definition) is 8. The Balaban J connectivity index is 1.33. The number of sulfone groups is 1. The molecule has 1 aromatic carbocycles. The quantitative estimate of drug-likeness (QED) is 0.526. The van der Waals surface area contributed by atoms with Crippen LogP contribution in [0.1, 0.15) is 28.9 Å². The summed E-state index contributed by atoms with van der Waals surface area (Å²) in [4.78, 5) is 4.61. The van der Waals surface area contributed by atoms with Crippen LogP contribution in [-0.4, -0.2) is 39.7 Å². The predicted octanol–water partition coefficient (Wildman–Crippen LogP) is 3.05. The maximum absolute atomic E-state index is 11.7. The number of thioether (sulfide) groups is 1. The van der Waals surface area contributed by atoms with E-state index >= 15 is 0 Å². The summed E-state index contributed by atoms with van der Waals surface area (Å²) >= 11 is 3.13. The van der Waals surface area contributed by atoms with Gasteiger partial charge in [-0.2, -0.15) is 0 Å². The maximum atomic E-state index is 11.7. The highest BCUT2D eigenvalue weighted by Gasteiger charge is 2.32. The lowest BCUT2D eigenvalue weighted by atomic mass is 10.1.